The molecule has 20 heavy (non-hydrogen) atoms. The number of benzene rings is 1. The van der Waals surface area contributed by atoms with Crippen molar-refractivity contribution in [3.05, 3.63) is 12.1 Å². The van der Waals surface area contributed by atoms with E-state index in [0.29, 0.717) is 24.7 Å². The standard InChI is InChI=1S/C14H22N2O3.ClH/c1-3-18-13-10-12(16-5-7-17-8-6-16)14(19-4-2)9-11(13)15;/h9-10H,3-8,15H2,1-2H3;1H. The predicted octanol–water partition coefficient (Wildman–Crippen LogP) is 2.32. The lowest BCUT2D eigenvalue weighted by atomic mass is 10.2. The van der Waals surface area contributed by atoms with Crippen molar-refractivity contribution in [3.8, 4) is 11.5 Å². The highest BCUT2D eigenvalue weighted by atomic mass is 35.5. The third-order valence-corrected chi connectivity index (χ3v) is 3.04. The molecule has 1 saturated heterocycles. The highest BCUT2D eigenvalue weighted by molar-refractivity contribution is 5.85. The number of hydrogen-bond donors (Lipinski definition) is 1. The molecule has 0 saturated carbocycles. The highest BCUT2D eigenvalue weighted by Crippen LogP contribution is 2.37. The van der Waals surface area contributed by atoms with Gasteiger partial charge in [0, 0.05) is 25.2 Å². The van der Waals surface area contributed by atoms with Crippen molar-refractivity contribution in [1.82, 2.24) is 0 Å². The fraction of sp³-hybridized carbons (Fsp3) is 0.571. The molecule has 1 aromatic rings. The van der Waals surface area contributed by atoms with E-state index in [9.17, 15) is 0 Å². The molecule has 1 aromatic carbocycles. The van der Waals surface area contributed by atoms with Gasteiger partial charge < -0.3 is 24.8 Å². The van der Waals surface area contributed by atoms with Gasteiger partial charge in [0.2, 0.25) is 0 Å². The number of rotatable bonds is 5. The molecule has 0 radical (unpaired) electrons. The molecule has 0 unspecified atom stereocenters. The van der Waals surface area contributed by atoms with Gasteiger partial charge in [-0.2, -0.15) is 0 Å². The van der Waals surface area contributed by atoms with Gasteiger partial charge in [0.25, 0.3) is 0 Å². The largest absolute Gasteiger partial charge is 0.492 e. The minimum atomic E-state index is 0. The summed E-state index contributed by atoms with van der Waals surface area (Å²) in [5, 5.41) is 0. The van der Waals surface area contributed by atoms with E-state index in [-0.39, 0.29) is 12.4 Å². The number of nitrogens with two attached hydrogens (primary N) is 1. The summed E-state index contributed by atoms with van der Waals surface area (Å²) < 4.78 is 16.6. The molecule has 1 aliphatic rings. The van der Waals surface area contributed by atoms with E-state index < -0.39 is 0 Å². The summed E-state index contributed by atoms with van der Waals surface area (Å²) in [6.45, 7) is 8.32. The Labute approximate surface area is 126 Å². The highest BCUT2D eigenvalue weighted by Gasteiger charge is 2.18. The first-order chi connectivity index (χ1) is 9.26. The van der Waals surface area contributed by atoms with Crippen LogP contribution in [-0.2, 0) is 4.74 Å². The Kier molecular flexibility index (Phi) is 6.75. The molecule has 1 fully saturated rings. The van der Waals surface area contributed by atoms with Crippen LogP contribution in [0.25, 0.3) is 0 Å². The summed E-state index contributed by atoms with van der Waals surface area (Å²) in [5.74, 6) is 1.53. The summed E-state index contributed by atoms with van der Waals surface area (Å²) in [6.07, 6.45) is 0. The summed E-state index contributed by atoms with van der Waals surface area (Å²) in [7, 11) is 0. The normalized spacial score (nSPS) is 14.6. The summed E-state index contributed by atoms with van der Waals surface area (Å²) in [5.41, 5.74) is 7.63. The molecule has 1 aliphatic heterocycles. The fourth-order valence-corrected chi connectivity index (χ4v) is 2.17. The smallest absolute Gasteiger partial charge is 0.144 e. The Hall–Kier alpha value is -1.33. The lowest BCUT2D eigenvalue weighted by Crippen LogP contribution is -2.36. The van der Waals surface area contributed by atoms with Crippen molar-refractivity contribution in [2.45, 2.75) is 13.8 Å². The Morgan fingerprint density at radius 1 is 1.10 bits per heavy atom. The van der Waals surface area contributed by atoms with E-state index in [1.165, 1.54) is 0 Å². The number of anilines is 2. The molecular formula is C14H23ClN2O3. The molecular weight excluding hydrogens is 280 g/mol. The van der Waals surface area contributed by atoms with E-state index in [4.69, 9.17) is 19.9 Å². The van der Waals surface area contributed by atoms with Gasteiger partial charge in [0.1, 0.15) is 11.5 Å². The van der Waals surface area contributed by atoms with Crippen LogP contribution < -0.4 is 20.1 Å². The van der Waals surface area contributed by atoms with Crippen molar-refractivity contribution in [3.63, 3.8) is 0 Å². The first-order valence-corrected chi connectivity index (χ1v) is 6.78. The van der Waals surface area contributed by atoms with E-state index in [1.807, 2.05) is 26.0 Å². The Balaban J connectivity index is 0.00000200. The van der Waals surface area contributed by atoms with E-state index in [2.05, 4.69) is 4.90 Å². The zero-order valence-electron chi connectivity index (χ0n) is 12.1. The summed E-state index contributed by atoms with van der Waals surface area (Å²) in [6, 6.07) is 3.81. The van der Waals surface area contributed by atoms with Gasteiger partial charge in [-0.1, -0.05) is 0 Å². The topological polar surface area (TPSA) is 57.0 Å². The fourth-order valence-electron chi connectivity index (χ4n) is 2.17. The van der Waals surface area contributed by atoms with E-state index >= 15 is 0 Å². The van der Waals surface area contributed by atoms with Crippen molar-refractivity contribution >= 4 is 23.8 Å². The Morgan fingerprint density at radius 2 is 1.70 bits per heavy atom. The van der Waals surface area contributed by atoms with Crippen LogP contribution in [0.4, 0.5) is 11.4 Å². The van der Waals surface area contributed by atoms with Gasteiger partial charge in [-0.25, -0.2) is 0 Å². The van der Waals surface area contributed by atoms with Gasteiger partial charge in [0.15, 0.2) is 0 Å². The van der Waals surface area contributed by atoms with Crippen LogP contribution in [0, 0.1) is 0 Å². The van der Waals surface area contributed by atoms with E-state index in [0.717, 1.165) is 37.7 Å². The van der Waals surface area contributed by atoms with Crippen LogP contribution in [0.1, 0.15) is 13.8 Å². The first-order valence-electron chi connectivity index (χ1n) is 6.78. The monoisotopic (exact) mass is 302 g/mol. The molecule has 2 N–H and O–H groups in total. The van der Waals surface area contributed by atoms with Crippen LogP contribution in [0.15, 0.2) is 12.1 Å². The van der Waals surface area contributed by atoms with Crippen molar-refractivity contribution in [2.75, 3.05) is 50.2 Å². The first kappa shape index (κ1) is 16.7. The average Bonchev–Trinajstić information content (AvgIpc) is 2.43. The second-order valence-electron chi connectivity index (χ2n) is 4.32. The molecule has 6 heteroatoms. The maximum absolute atomic E-state index is 5.99. The molecule has 0 spiro atoms. The van der Waals surface area contributed by atoms with Crippen LogP contribution in [0.3, 0.4) is 0 Å². The number of nitrogens with zero attached hydrogens (tertiary/aromatic N) is 1. The van der Waals surface area contributed by atoms with Crippen LogP contribution in [0.5, 0.6) is 11.5 Å². The molecule has 0 aliphatic carbocycles. The summed E-state index contributed by atoms with van der Waals surface area (Å²) >= 11 is 0. The molecule has 0 atom stereocenters. The van der Waals surface area contributed by atoms with Gasteiger partial charge in [-0.05, 0) is 13.8 Å². The van der Waals surface area contributed by atoms with Gasteiger partial charge in [-0.15, -0.1) is 12.4 Å². The molecule has 0 aromatic heterocycles. The average molecular weight is 303 g/mol. The molecule has 0 amide bonds. The number of hydrogen-bond acceptors (Lipinski definition) is 5. The molecule has 114 valence electrons. The third kappa shape index (κ3) is 3.84. The number of halogens is 1. The van der Waals surface area contributed by atoms with Crippen LogP contribution in [0.2, 0.25) is 0 Å². The van der Waals surface area contributed by atoms with Crippen molar-refractivity contribution in [1.29, 1.82) is 0 Å². The quantitative estimate of drug-likeness (QED) is 0.846. The zero-order valence-corrected chi connectivity index (χ0v) is 12.9. The van der Waals surface area contributed by atoms with Crippen LogP contribution in [-0.4, -0.2) is 39.5 Å². The minimum Gasteiger partial charge on any atom is -0.492 e. The summed E-state index contributed by atoms with van der Waals surface area (Å²) in [4.78, 5) is 2.25. The van der Waals surface area contributed by atoms with E-state index in [1.54, 1.807) is 0 Å². The molecule has 5 nitrogen and oxygen atoms in total. The lowest BCUT2D eigenvalue weighted by molar-refractivity contribution is 0.122. The molecule has 2 rings (SSSR count). The SMILES string of the molecule is CCOc1cc(N2CCOCC2)c(OCC)cc1N.Cl. The predicted molar refractivity (Wildman–Crippen MR) is 83.5 cm³/mol. The Morgan fingerprint density at radius 3 is 2.30 bits per heavy atom. The van der Waals surface area contributed by atoms with Gasteiger partial charge >= 0.3 is 0 Å². The number of ether oxygens (including phenoxy) is 3. The number of morpholine rings is 1. The second-order valence-corrected chi connectivity index (χ2v) is 4.32. The Bertz CT molecular complexity index is 423. The number of nitrogen functional groups attached to an aromatic ring is 1. The second kappa shape index (κ2) is 8.07. The molecule has 0 bridgehead atoms. The van der Waals surface area contributed by atoms with Gasteiger partial charge in [-0.3, -0.25) is 0 Å². The molecule has 1 heterocycles. The maximum atomic E-state index is 5.99. The van der Waals surface area contributed by atoms with Crippen LogP contribution >= 0.6 is 12.4 Å². The zero-order chi connectivity index (χ0) is 13.7. The van der Waals surface area contributed by atoms with Crippen molar-refractivity contribution in [2.24, 2.45) is 0 Å². The third-order valence-electron chi connectivity index (χ3n) is 3.04. The van der Waals surface area contributed by atoms with Crippen molar-refractivity contribution < 1.29 is 14.2 Å². The lowest BCUT2D eigenvalue weighted by Gasteiger charge is -2.30. The van der Waals surface area contributed by atoms with Gasteiger partial charge in [0.05, 0.1) is 37.8 Å². The minimum absolute atomic E-state index is 0. The maximum Gasteiger partial charge on any atom is 0.144 e.